The van der Waals surface area contributed by atoms with Crippen molar-refractivity contribution in [2.45, 2.75) is 13.8 Å². The molecule has 0 saturated heterocycles. The Morgan fingerprint density at radius 1 is 1.00 bits per heavy atom. The number of nitrogens with two attached hydrogens (primary N) is 1. The van der Waals surface area contributed by atoms with Crippen molar-refractivity contribution in [3.63, 3.8) is 0 Å². The van der Waals surface area contributed by atoms with Crippen LogP contribution in [0.1, 0.15) is 11.1 Å². The first-order chi connectivity index (χ1) is 8.52. The summed E-state index contributed by atoms with van der Waals surface area (Å²) in [6.45, 7) is 4.07. The van der Waals surface area contributed by atoms with Crippen LogP contribution in [0.15, 0.2) is 30.3 Å². The monoisotopic (exact) mass is 261 g/mol. The van der Waals surface area contributed by atoms with Gasteiger partial charge in [0, 0.05) is 16.3 Å². The van der Waals surface area contributed by atoms with Crippen molar-refractivity contribution in [1.29, 1.82) is 0 Å². The lowest BCUT2D eigenvalue weighted by Gasteiger charge is -2.13. The van der Waals surface area contributed by atoms with Gasteiger partial charge in [-0.15, -0.1) is 0 Å². The number of aryl methyl sites for hydroxylation is 2. The second-order valence-electron chi connectivity index (χ2n) is 4.37. The molecule has 18 heavy (non-hydrogen) atoms. The summed E-state index contributed by atoms with van der Waals surface area (Å²) in [7, 11) is 1.68. The third kappa shape index (κ3) is 2.29. The molecule has 0 fully saturated rings. The number of anilines is 1. The first kappa shape index (κ1) is 12.8. The summed E-state index contributed by atoms with van der Waals surface area (Å²) >= 11 is 5.92. The number of rotatable bonds is 2. The molecule has 0 aliphatic carbocycles. The van der Waals surface area contributed by atoms with E-state index in [9.17, 15) is 0 Å². The van der Waals surface area contributed by atoms with Crippen LogP contribution in [-0.4, -0.2) is 7.11 Å². The van der Waals surface area contributed by atoms with E-state index in [4.69, 9.17) is 22.1 Å². The molecule has 0 atom stereocenters. The maximum atomic E-state index is 6.03. The Morgan fingerprint density at radius 2 is 1.72 bits per heavy atom. The molecule has 94 valence electrons. The molecule has 0 aliphatic rings. The van der Waals surface area contributed by atoms with Crippen LogP contribution >= 0.6 is 11.6 Å². The molecule has 0 saturated carbocycles. The maximum Gasteiger partial charge on any atom is 0.122 e. The lowest BCUT2D eigenvalue weighted by atomic mass is 9.96. The molecule has 2 aromatic carbocycles. The summed E-state index contributed by atoms with van der Waals surface area (Å²) in [4.78, 5) is 0. The van der Waals surface area contributed by atoms with Crippen LogP contribution in [0.2, 0.25) is 5.02 Å². The Hall–Kier alpha value is -1.67. The molecule has 3 heteroatoms. The fraction of sp³-hybridized carbons (Fsp3) is 0.200. The van der Waals surface area contributed by atoms with E-state index in [0.717, 1.165) is 28.0 Å². The van der Waals surface area contributed by atoms with Gasteiger partial charge in [0.05, 0.1) is 7.11 Å². The van der Waals surface area contributed by atoms with E-state index in [1.54, 1.807) is 13.2 Å². The SMILES string of the molecule is COc1cc(C)c(-c2ccc(Cl)cc2N)cc1C. The van der Waals surface area contributed by atoms with E-state index in [1.165, 1.54) is 0 Å². The topological polar surface area (TPSA) is 35.2 Å². The van der Waals surface area contributed by atoms with E-state index in [2.05, 4.69) is 6.07 Å². The first-order valence-electron chi connectivity index (χ1n) is 5.73. The number of methoxy groups -OCH3 is 1. The zero-order valence-corrected chi connectivity index (χ0v) is 11.5. The fourth-order valence-electron chi connectivity index (χ4n) is 2.08. The molecule has 0 radical (unpaired) electrons. The molecule has 0 spiro atoms. The van der Waals surface area contributed by atoms with Crippen molar-refractivity contribution < 1.29 is 4.74 Å². The van der Waals surface area contributed by atoms with Crippen molar-refractivity contribution in [2.75, 3.05) is 12.8 Å². The number of halogens is 1. The van der Waals surface area contributed by atoms with Gasteiger partial charge in [-0.05, 0) is 54.8 Å². The van der Waals surface area contributed by atoms with Crippen LogP contribution in [0.5, 0.6) is 5.75 Å². The lowest BCUT2D eigenvalue weighted by molar-refractivity contribution is 0.411. The summed E-state index contributed by atoms with van der Waals surface area (Å²) < 4.78 is 5.31. The van der Waals surface area contributed by atoms with Gasteiger partial charge in [-0.2, -0.15) is 0 Å². The fourth-order valence-corrected chi connectivity index (χ4v) is 2.26. The third-order valence-corrected chi connectivity index (χ3v) is 3.28. The molecule has 2 rings (SSSR count). The Morgan fingerprint density at radius 3 is 2.33 bits per heavy atom. The summed E-state index contributed by atoms with van der Waals surface area (Å²) in [5.74, 6) is 0.892. The highest BCUT2D eigenvalue weighted by Crippen LogP contribution is 2.34. The van der Waals surface area contributed by atoms with Crippen LogP contribution < -0.4 is 10.5 Å². The number of nitrogen functional groups attached to an aromatic ring is 1. The molecule has 0 unspecified atom stereocenters. The largest absolute Gasteiger partial charge is 0.496 e. The smallest absolute Gasteiger partial charge is 0.122 e. The van der Waals surface area contributed by atoms with Crippen LogP contribution in [-0.2, 0) is 0 Å². The van der Waals surface area contributed by atoms with Gasteiger partial charge >= 0.3 is 0 Å². The van der Waals surface area contributed by atoms with E-state index >= 15 is 0 Å². The number of benzene rings is 2. The highest BCUT2D eigenvalue weighted by molar-refractivity contribution is 6.31. The van der Waals surface area contributed by atoms with Gasteiger partial charge in [-0.3, -0.25) is 0 Å². The zero-order chi connectivity index (χ0) is 13.3. The molecule has 0 bridgehead atoms. The van der Waals surface area contributed by atoms with E-state index in [1.807, 2.05) is 32.0 Å². The predicted octanol–water partition coefficient (Wildman–Crippen LogP) is 4.21. The molecule has 2 nitrogen and oxygen atoms in total. The Balaban J connectivity index is 2.60. The molecule has 0 heterocycles. The Labute approximate surface area is 112 Å². The van der Waals surface area contributed by atoms with Gasteiger partial charge in [0.25, 0.3) is 0 Å². The Bertz CT molecular complexity index is 593. The number of ether oxygens (including phenoxy) is 1. The number of hydrogen-bond donors (Lipinski definition) is 1. The highest BCUT2D eigenvalue weighted by Gasteiger charge is 2.09. The molecular formula is C15H16ClNO. The van der Waals surface area contributed by atoms with E-state index < -0.39 is 0 Å². The second kappa shape index (κ2) is 4.91. The van der Waals surface area contributed by atoms with Gasteiger partial charge < -0.3 is 10.5 Å². The molecule has 0 amide bonds. The normalized spacial score (nSPS) is 10.4. The standard InChI is InChI=1S/C15H16ClNO/c1-9-7-15(18-3)10(2)6-13(9)12-5-4-11(16)8-14(12)17/h4-8H,17H2,1-3H3. The van der Waals surface area contributed by atoms with Crippen LogP contribution in [0.25, 0.3) is 11.1 Å². The average Bonchev–Trinajstić information content (AvgIpc) is 2.32. The summed E-state index contributed by atoms with van der Waals surface area (Å²) in [6.07, 6.45) is 0. The minimum absolute atomic E-state index is 0.652. The zero-order valence-electron chi connectivity index (χ0n) is 10.8. The third-order valence-electron chi connectivity index (χ3n) is 3.05. The Kier molecular flexibility index (Phi) is 3.48. The molecule has 0 aliphatic heterocycles. The lowest BCUT2D eigenvalue weighted by Crippen LogP contribution is -1.94. The van der Waals surface area contributed by atoms with Crippen LogP contribution in [0, 0.1) is 13.8 Å². The average molecular weight is 262 g/mol. The first-order valence-corrected chi connectivity index (χ1v) is 6.11. The molecule has 2 N–H and O–H groups in total. The minimum atomic E-state index is 0.652. The van der Waals surface area contributed by atoms with Gasteiger partial charge in [-0.1, -0.05) is 17.7 Å². The molecule has 0 aromatic heterocycles. The highest BCUT2D eigenvalue weighted by atomic mass is 35.5. The van der Waals surface area contributed by atoms with Crippen molar-refractivity contribution in [1.82, 2.24) is 0 Å². The predicted molar refractivity (Wildman–Crippen MR) is 77.3 cm³/mol. The quantitative estimate of drug-likeness (QED) is 0.822. The maximum absolute atomic E-state index is 6.03. The van der Waals surface area contributed by atoms with Gasteiger partial charge in [0.2, 0.25) is 0 Å². The molecular weight excluding hydrogens is 246 g/mol. The minimum Gasteiger partial charge on any atom is -0.496 e. The number of hydrogen-bond acceptors (Lipinski definition) is 2. The van der Waals surface area contributed by atoms with Gasteiger partial charge in [0.15, 0.2) is 0 Å². The van der Waals surface area contributed by atoms with E-state index in [-0.39, 0.29) is 0 Å². The van der Waals surface area contributed by atoms with Gasteiger partial charge in [-0.25, -0.2) is 0 Å². The van der Waals surface area contributed by atoms with Crippen molar-refractivity contribution in [2.24, 2.45) is 0 Å². The summed E-state index contributed by atoms with van der Waals surface area (Å²) in [6, 6.07) is 9.69. The van der Waals surface area contributed by atoms with E-state index in [0.29, 0.717) is 10.7 Å². The van der Waals surface area contributed by atoms with Crippen LogP contribution in [0.4, 0.5) is 5.69 Å². The molecule has 2 aromatic rings. The summed E-state index contributed by atoms with van der Waals surface area (Å²) in [5.41, 5.74) is 11.1. The van der Waals surface area contributed by atoms with Crippen LogP contribution in [0.3, 0.4) is 0 Å². The van der Waals surface area contributed by atoms with Crippen molar-refractivity contribution in [3.8, 4) is 16.9 Å². The van der Waals surface area contributed by atoms with Gasteiger partial charge in [0.1, 0.15) is 5.75 Å². The second-order valence-corrected chi connectivity index (χ2v) is 4.80. The summed E-state index contributed by atoms with van der Waals surface area (Å²) in [5, 5.41) is 0.652. The van der Waals surface area contributed by atoms with Crippen molar-refractivity contribution >= 4 is 17.3 Å². The van der Waals surface area contributed by atoms with Crippen molar-refractivity contribution in [3.05, 3.63) is 46.5 Å².